The fourth-order valence-corrected chi connectivity index (χ4v) is 9.58. The van der Waals surface area contributed by atoms with Crippen molar-refractivity contribution in [3.8, 4) is 11.1 Å². The monoisotopic (exact) mass is 704 g/mol. The first-order valence-corrected chi connectivity index (χ1v) is 20.5. The molecule has 2 atom stereocenters. The standard InChI is InChI=1S/C53H57B/c1-34-9-16-39(17-10-34)18-23-42-31-44-22-14-38(5)29-51(44)54-50-28-37(4)13-21-43(50)30-41(24-25-45-32-46(53(6,7)8)33-49(42)52(45)54)47-26-15-36(3)27-48(47)40-19-11-35(2)12-20-40/h9-17,19-22,26-29,32-33,41-42H,18,23-25,30-31H2,1-8H3. The molecule has 0 saturated heterocycles. The zero-order valence-electron chi connectivity index (χ0n) is 33.9. The summed E-state index contributed by atoms with van der Waals surface area (Å²) in [5.74, 6) is 0.845. The van der Waals surface area contributed by atoms with E-state index in [0.29, 0.717) is 11.8 Å². The maximum Gasteiger partial charge on any atom is 0.242 e. The lowest BCUT2D eigenvalue weighted by molar-refractivity contribution is 0.579. The van der Waals surface area contributed by atoms with Crippen LogP contribution in [0.5, 0.6) is 0 Å². The Kier molecular flexibility index (Phi) is 9.80. The molecule has 272 valence electrons. The molecular formula is C53H57B. The van der Waals surface area contributed by atoms with Crippen LogP contribution in [-0.4, -0.2) is 6.71 Å². The summed E-state index contributed by atoms with van der Waals surface area (Å²) < 4.78 is 0. The largest absolute Gasteiger partial charge is 0.242 e. The Balaban J connectivity index is 1.36. The van der Waals surface area contributed by atoms with Gasteiger partial charge in [0, 0.05) is 0 Å². The van der Waals surface area contributed by atoms with E-state index in [0.717, 1.165) is 38.5 Å². The fourth-order valence-electron chi connectivity index (χ4n) is 9.58. The minimum atomic E-state index is 0.0557. The summed E-state index contributed by atoms with van der Waals surface area (Å²) >= 11 is 0. The highest BCUT2D eigenvalue weighted by molar-refractivity contribution is 6.96. The van der Waals surface area contributed by atoms with Gasteiger partial charge in [-0.15, -0.1) is 0 Å². The van der Waals surface area contributed by atoms with E-state index in [-0.39, 0.29) is 12.1 Å². The minimum absolute atomic E-state index is 0.0557. The second-order valence-electron chi connectivity index (χ2n) is 18.0. The van der Waals surface area contributed by atoms with Crippen LogP contribution >= 0.6 is 0 Å². The van der Waals surface area contributed by atoms with Crippen LogP contribution in [0.1, 0.15) is 112 Å². The molecule has 2 unspecified atom stereocenters. The van der Waals surface area contributed by atoms with E-state index in [2.05, 4.69) is 171 Å². The zero-order valence-corrected chi connectivity index (χ0v) is 33.9. The molecule has 0 saturated carbocycles. The Bertz CT molecular complexity index is 2320. The topological polar surface area (TPSA) is 0 Å². The number of fused-ring (bicyclic) bond motifs is 4. The highest BCUT2D eigenvalue weighted by atomic mass is 14.3. The first kappa shape index (κ1) is 36.4. The van der Waals surface area contributed by atoms with Gasteiger partial charge in [0.1, 0.15) is 0 Å². The first-order valence-electron chi connectivity index (χ1n) is 20.5. The smallest absolute Gasteiger partial charge is 0.0652 e. The SMILES string of the molecule is Cc1ccc(CCC2Cc3ccc(C)cc3B3c4cc(C)ccc4CC(c4ccc(C)cc4-c4ccc(C)cc4)CCc4cc(C(C)(C)C)cc2c43)cc1. The van der Waals surface area contributed by atoms with Crippen LogP contribution in [0.15, 0.2) is 115 Å². The van der Waals surface area contributed by atoms with Gasteiger partial charge in [0.2, 0.25) is 6.71 Å². The molecule has 54 heavy (non-hydrogen) atoms. The van der Waals surface area contributed by atoms with Crippen molar-refractivity contribution in [2.45, 2.75) is 111 Å². The molecule has 0 radical (unpaired) electrons. The normalized spacial score (nSPS) is 16.7. The van der Waals surface area contributed by atoms with Gasteiger partial charge in [-0.25, -0.2) is 0 Å². The predicted molar refractivity (Wildman–Crippen MR) is 234 cm³/mol. The highest BCUT2D eigenvalue weighted by Gasteiger charge is 2.38. The molecule has 6 aromatic rings. The molecular weight excluding hydrogens is 647 g/mol. The Morgan fingerprint density at radius 1 is 0.556 bits per heavy atom. The van der Waals surface area contributed by atoms with Crippen LogP contribution in [0.3, 0.4) is 0 Å². The maximum absolute atomic E-state index is 2.66. The molecule has 2 aliphatic heterocycles. The van der Waals surface area contributed by atoms with Crippen molar-refractivity contribution in [2.75, 3.05) is 0 Å². The minimum Gasteiger partial charge on any atom is -0.0652 e. The molecule has 0 bridgehead atoms. The van der Waals surface area contributed by atoms with Gasteiger partial charge in [-0.05, 0) is 124 Å². The molecule has 8 rings (SSSR count). The Hall–Kier alpha value is -4.62. The van der Waals surface area contributed by atoms with E-state index in [4.69, 9.17) is 0 Å². The average molecular weight is 705 g/mol. The number of benzene rings is 6. The number of rotatable bonds is 5. The summed E-state index contributed by atoms with van der Waals surface area (Å²) in [5, 5.41) is 0. The lowest BCUT2D eigenvalue weighted by atomic mass is 9.34. The molecule has 0 N–H and O–H groups in total. The Morgan fingerprint density at radius 3 is 1.78 bits per heavy atom. The quantitative estimate of drug-likeness (QED) is 0.157. The van der Waals surface area contributed by atoms with Crippen LogP contribution in [-0.2, 0) is 31.1 Å². The second kappa shape index (κ2) is 14.6. The van der Waals surface area contributed by atoms with E-state index in [1.165, 1.54) is 77.7 Å². The van der Waals surface area contributed by atoms with Gasteiger partial charge < -0.3 is 0 Å². The van der Waals surface area contributed by atoms with Gasteiger partial charge in [-0.3, -0.25) is 0 Å². The van der Waals surface area contributed by atoms with Crippen molar-refractivity contribution < 1.29 is 0 Å². The van der Waals surface area contributed by atoms with Crippen molar-refractivity contribution in [2.24, 2.45) is 0 Å². The summed E-state index contributed by atoms with van der Waals surface area (Å²) in [4.78, 5) is 0. The molecule has 0 nitrogen and oxygen atoms in total. The van der Waals surface area contributed by atoms with Crippen LogP contribution in [0.2, 0.25) is 0 Å². The molecule has 0 aromatic heterocycles. The van der Waals surface area contributed by atoms with Crippen molar-refractivity contribution in [3.05, 3.63) is 182 Å². The van der Waals surface area contributed by atoms with Crippen molar-refractivity contribution in [1.82, 2.24) is 0 Å². The van der Waals surface area contributed by atoms with Crippen LogP contribution < -0.4 is 16.4 Å². The van der Waals surface area contributed by atoms with Gasteiger partial charge in [-0.2, -0.15) is 0 Å². The number of hydrogen-bond acceptors (Lipinski definition) is 0. The van der Waals surface area contributed by atoms with Gasteiger partial charge in [-0.1, -0.05) is 197 Å². The molecule has 2 aliphatic rings. The summed E-state index contributed by atoms with van der Waals surface area (Å²) in [5.41, 5.74) is 24.7. The highest BCUT2D eigenvalue weighted by Crippen LogP contribution is 2.38. The number of hydrogen-bond donors (Lipinski definition) is 0. The molecule has 0 spiro atoms. The van der Waals surface area contributed by atoms with Gasteiger partial charge in [0.15, 0.2) is 0 Å². The third-order valence-electron chi connectivity index (χ3n) is 12.7. The third-order valence-corrected chi connectivity index (χ3v) is 12.7. The second-order valence-corrected chi connectivity index (χ2v) is 18.0. The van der Waals surface area contributed by atoms with E-state index in [1.54, 1.807) is 16.6 Å². The van der Waals surface area contributed by atoms with E-state index in [1.807, 2.05) is 0 Å². The molecule has 1 heteroatoms. The van der Waals surface area contributed by atoms with E-state index < -0.39 is 0 Å². The lowest BCUT2D eigenvalue weighted by Crippen LogP contribution is -2.56. The molecule has 0 aliphatic carbocycles. The van der Waals surface area contributed by atoms with Gasteiger partial charge in [0.25, 0.3) is 0 Å². The van der Waals surface area contributed by atoms with E-state index in [9.17, 15) is 0 Å². The number of aryl methyl sites for hydroxylation is 7. The van der Waals surface area contributed by atoms with Crippen molar-refractivity contribution in [3.63, 3.8) is 0 Å². The van der Waals surface area contributed by atoms with Crippen LogP contribution in [0.4, 0.5) is 0 Å². The summed E-state index contributed by atoms with van der Waals surface area (Å²) in [7, 11) is 0. The molecule has 6 aromatic carbocycles. The fraction of sp³-hybridized carbons (Fsp3) is 0.321. The summed E-state index contributed by atoms with van der Waals surface area (Å²) in [6.07, 6.45) is 6.57. The lowest BCUT2D eigenvalue weighted by Gasteiger charge is -2.29. The molecule has 0 amide bonds. The third kappa shape index (κ3) is 7.27. The Morgan fingerprint density at radius 2 is 1.13 bits per heavy atom. The summed E-state index contributed by atoms with van der Waals surface area (Å²) in [6.45, 7) is 18.6. The average Bonchev–Trinajstić information content (AvgIpc) is 3.22. The van der Waals surface area contributed by atoms with Crippen molar-refractivity contribution >= 4 is 23.1 Å². The van der Waals surface area contributed by atoms with Gasteiger partial charge >= 0.3 is 0 Å². The Labute approximate surface area is 326 Å². The van der Waals surface area contributed by atoms with Crippen molar-refractivity contribution in [1.29, 1.82) is 0 Å². The molecule has 0 fully saturated rings. The van der Waals surface area contributed by atoms with Crippen LogP contribution in [0.25, 0.3) is 11.1 Å². The van der Waals surface area contributed by atoms with Crippen LogP contribution in [0, 0.1) is 34.6 Å². The van der Waals surface area contributed by atoms with E-state index >= 15 is 0 Å². The van der Waals surface area contributed by atoms with Gasteiger partial charge in [0.05, 0.1) is 0 Å². The first-order chi connectivity index (χ1) is 25.9. The summed E-state index contributed by atoms with van der Waals surface area (Å²) in [6, 6.07) is 45.8. The zero-order chi connectivity index (χ0) is 37.7. The molecule has 2 heterocycles. The predicted octanol–water partition coefficient (Wildman–Crippen LogP) is 11.3. The maximum atomic E-state index is 2.66.